The van der Waals surface area contributed by atoms with Crippen LogP contribution < -0.4 is 5.73 Å². The molecule has 0 saturated heterocycles. The zero-order valence-corrected chi connectivity index (χ0v) is 12.9. The summed E-state index contributed by atoms with van der Waals surface area (Å²) in [6, 6.07) is 4.12. The van der Waals surface area contributed by atoms with Crippen LogP contribution in [0.15, 0.2) is 17.5 Å². The summed E-state index contributed by atoms with van der Waals surface area (Å²) in [5.41, 5.74) is 5.59. The first kappa shape index (κ1) is 16.2. The first-order valence-corrected chi connectivity index (χ1v) is 8.09. The van der Waals surface area contributed by atoms with Gasteiger partial charge in [0.1, 0.15) is 0 Å². The van der Waals surface area contributed by atoms with Gasteiger partial charge in [-0.15, -0.1) is 11.3 Å². The molecule has 108 valence electrons. The second-order valence-electron chi connectivity index (χ2n) is 4.88. The van der Waals surface area contributed by atoms with Crippen molar-refractivity contribution in [3.05, 3.63) is 22.4 Å². The van der Waals surface area contributed by atoms with E-state index < -0.39 is 0 Å². The molecule has 19 heavy (non-hydrogen) atoms. The number of nitrogens with zero attached hydrogens (tertiary/aromatic N) is 1. The van der Waals surface area contributed by atoms with Crippen molar-refractivity contribution in [3.8, 4) is 0 Å². The largest absolute Gasteiger partial charge is 0.338 e. The summed E-state index contributed by atoms with van der Waals surface area (Å²) in [6.45, 7) is 6.47. The SMILES string of the molecule is CCC(CCN)CCC(=O)N(CC)Cc1cccs1. The molecule has 0 fully saturated rings. The molecule has 0 radical (unpaired) electrons. The summed E-state index contributed by atoms with van der Waals surface area (Å²) in [5, 5.41) is 2.06. The van der Waals surface area contributed by atoms with E-state index in [4.69, 9.17) is 5.73 Å². The normalized spacial score (nSPS) is 12.4. The van der Waals surface area contributed by atoms with Gasteiger partial charge in [-0.3, -0.25) is 4.79 Å². The van der Waals surface area contributed by atoms with Gasteiger partial charge < -0.3 is 10.6 Å². The van der Waals surface area contributed by atoms with Crippen LogP contribution in [0.1, 0.15) is 44.4 Å². The summed E-state index contributed by atoms with van der Waals surface area (Å²) in [7, 11) is 0. The van der Waals surface area contributed by atoms with Gasteiger partial charge in [-0.1, -0.05) is 19.4 Å². The molecule has 0 bridgehead atoms. The average Bonchev–Trinajstić information content (AvgIpc) is 2.93. The second-order valence-corrected chi connectivity index (χ2v) is 5.91. The maximum absolute atomic E-state index is 12.2. The van der Waals surface area contributed by atoms with Crippen LogP contribution in [-0.2, 0) is 11.3 Å². The third kappa shape index (κ3) is 5.74. The van der Waals surface area contributed by atoms with Crippen LogP contribution in [0.5, 0.6) is 0 Å². The molecule has 2 N–H and O–H groups in total. The summed E-state index contributed by atoms with van der Waals surface area (Å²) < 4.78 is 0. The van der Waals surface area contributed by atoms with Crippen LogP contribution >= 0.6 is 11.3 Å². The molecule has 0 saturated carbocycles. The fraction of sp³-hybridized carbons (Fsp3) is 0.667. The van der Waals surface area contributed by atoms with Crippen LogP contribution in [0.4, 0.5) is 0 Å². The maximum Gasteiger partial charge on any atom is 0.222 e. The summed E-state index contributed by atoms with van der Waals surface area (Å²) in [5.74, 6) is 0.862. The van der Waals surface area contributed by atoms with E-state index in [1.54, 1.807) is 11.3 Å². The Morgan fingerprint density at radius 3 is 2.74 bits per heavy atom. The highest BCUT2D eigenvalue weighted by atomic mass is 32.1. The Hall–Kier alpha value is -0.870. The molecular formula is C15H26N2OS. The van der Waals surface area contributed by atoms with Crippen LogP contribution in [0, 0.1) is 5.92 Å². The first-order valence-electron chi connectivity index (χ1n) is 7.21. The topological polar surface area (TPSA) is 46.3 Å². The molecule has 1 aromatic rings. The number of amides is 1. The molecular weight excluding hydrogens is 256 g/mol. The number of carbonyl (C=O) groups excluding carboxylic acids is 1. The maximum atomic E-state index is 12.2. The lowest BCUT2D eigenvalue weighted by Crippen LogP contribution is -2.30. The third-order valence-electron chi connectivity index (χ3n) is 3.58. The monoisotopic (exact) mass is 282 g/mol. The van der Waals surface area contributed by atoms with Crippen molar-refractivity contribution in [2.75, 3.05) is 13.1 Å². The Kier molecular flexibility index (Phi) is 7.75. The minimum atomic E-state index is 0.270. The summed E-state index contributed by atoms with van der Waals surface area (Å²) >= 11 is 1.71. The number of carbonyl (C=O) groups is 1. The van der Waals surface area contributed by atoms with E-state index in [-0.39, 0.29) is 5.91 Å². The van der Waals surface area contributed by atoms with E-state index in [9.17, 15) is 4.79 Å². The van der Waals surface area contributed by atoms with Gasteiger partial charge in [-0.05, 0) is 43.7 Å². The molecule has 0 spiro atoms. The molecule has 1 rings (SSSR count). The molecule has 1 unspecified atom stereocenters. The van der Waals surface area contributed by atoms with E-state index in [0.717, 1.165) is 38.9 Å². The van der Waals surface area contributed by atoms with Crippen molar-refractivity contribution in [1.29, 1.82) is 0 Å². The first-order chi connectivity index (χ1) is 9.21. The number of hydrogen-bond donors (Lipinski definition) is 1. The van der Waals surface area contributed by atoms with Crippen molar-refractivity contribution in [1.82, 2.24) is 4.90 Å². The molecule has 4 heteroatoms. The molecule has 0 aliphatic heterocycles. The highest BCUT2D eigenvalue weighted by Crippen LogP contribution is 2.17. The fourth-order valence-corrected chi connectivity index (χ4v) is 2.96. The second kappa shape index (κ2) is 9.10. The van der Waals surface area contributed by atoms with Gasteiger partial charge in [-0.2, -0.15) is 0 Å². The van der Waals surface area contributed by atoms with Crippen molar-refractivity contribution in [2.45, 2.75) is 46.1 Å². The quantitative estimate of drug-likeness (QED) is 0.755. The van der Waals surface area contributed by atoms with E-state index in [1.807, 2.05) is 17.9 Å². The van der Waals surface area contributed by atoms with E-state index in [1.165, 1.54) is 4.88 Å². The van der Waals surface area contributed by atoms with Gasteiger partial charge in [0.05, 0.1) is 6.54 Å². The van der Waals surface area contributed by atoms with Crippen LogP contribution in [-0.4, -0.2) is 23.9 Å². The van der Waals surface area contributed by atoms with E-state index in [2.05, 4.69) is 18.4 Å². The minimum absolute atomic E-state index is 0.270. The van der Waals surface area contributed by atoms with Gasteiger partial charge >= 0.3 is 0 Å². The molecule has 1 amide bonds. The molecule has 0 aliphatic rings. The standard InChI is InChI=1S/C15H26N2OS/c1-3-13(9-10-16)7-8-15(18)17(4-2)12-14-6-5-11-19-14/h5-6,11,13H,3-4,7-10,12,16H2,1-2H3. The van der Waals surface area contributed by atoms with Crippen molar-refractivity contribution in [2.24, 2.45) is 11.7 Å². The average molecular weight is 282 g/mol. The Morgan fingerprint density at radius 1 is 1.42 bits per heavy atom. The van der Waals surface area contributed by atoms with Crippen molar-refractivity contribution in [3.63, 3.8) is 0 Å². The molecule has 0 aliphatic carbocycles. The number of thiophene rings is 1. The highest BCUT2D eigenvalue weighted by Gasteiger charge is 2.14. The van der Waals surface area contributed by atoms with Gasteiger partial charge in [0.2, 0.25) is 5.91 Å². The minimum Gasteiger partial charge on any atom is -0.338 e. The molecule has 1 atom stereocenters. The smallest absolute Gasteiger partial charge is 0.222 e. The number of nitrogens with two attached hydrogens (primary N) is 1. The Bertz CT molecular complexity index is 351. The predicted molar refractivity (Wildman–Crippen MR) is 82.1 cm³/mol. The zero-order chi connectivity index (χ0) is 14.1. The summed E-state index contributed by atoms with van der Waals surface area (Å²) in [4.78, 5) is 15.4. The third-order valence-corrected chi connectivity index (χ3v) is 4.44. The lowest BCUT2D eigenvalue weighted by Gasteiger charge is -2.21. The van der Waals surface area contributed by atoms with Crippen LogP contribution in [0.3, 0.4) is 0 Å². The highest BCUT2D eigenvalue weighted by molar-refractivity contribution is 7.09. The molecule has 1 aromatic heterocycles. The van der Waals surface area contributed by atoms with Crippen LogP contribution in [0.2, 0.25) is 0 Å². The van der Waals surface area contributed by atoms with Crippen LogP contribution in [0.25, 0.3) is 0 Å². The van der Waals surface area contributed by atoms with Crippen molar-refractivity contribution < 1.29 is 4.79 Å². The number of hydrogen-bond acceptors (Lipinski definition) is 3. The number of rotatable bonds is 9. The summed E-state index contributed by atoms with van der Waals surface area (Å²) in [6.07, 6.45) is 3.76. The van der Waals surface area contributed by atoms with Gasteiger partial charge in [0.25, 0.3) is 0 Å². The van der Waals surface area contributed by atoms with Gasteiger partial charge in [0.15, 0.2) is 0 Å². The van der Waals surface area contributed by atoms with E-state index in [0.29, 0.717) is 12.3 Å². The Balaban J connectivity index is 2.41. The van der Waals surface area contributed by atoms with Gasteiger partial charge in [0, 0.05) is 17.8 Å². The lowest BCUT2D eigenvalue weighted by atomic mass is 9.96. The lowest BCUT2D eigenvalue weighted by molar-refractivity contribution is -0.131. The van der Waals surface area contributed by atoms with Crippen molar-refractivity contribution >= 4 is 17.2 Å². The van der Waals surface area contributed by atoms with Gasteiger partial charge in [-0.25, -0.2) is 0 Å². The predicted octanol–water partition coefficient (Wildman–Crippen LogP) is 3.25. The van der Waals surface area contributed by atoms with E-state index >= 15 is 0 Å². The molecule has 3 nitrogen and oxygen atoms in total. The molecule has 1 heterocycles. The Labute approximate surface area is 120 Å². The fourth-order valence-electron chi connectivity index (χ4n) is 2.24. The zero-order valence-electron chi connectivity index (χ0n) is 12.1. The molecule has 0 aromatic carbocycles. The Morgan fingerprint density at radius 2 is 2.21 bits per heavy atom.